The third-order valence-electron chi connectivity index (χ3n) is 4.77. The monoisotopic (exact) mass is 324 g/mol. The van der Waals surface area contributed by atoms with E-state index in [0.717, 1.165) is 21.9 Å². The average Bonchev–Trinajstić information content (AvgIpc) is 2.96. The summed E-state index contributed by atoms with van der Waals surface area (Å²) in [6.45, 7) is 0. The van der Waals surface area contributed by atoms with E-state index in [4.69, 9.17) is 0 Å². The number of rotatable bonds is 4. The lowest BCUT2D eigenvalue weighted by Gasteiger charge is -2.20. The Morgan fingerprint density at radius 3 is 2.84 bits per heavy atom. The number of carbonyl (C=O) groups excluding carboxylic acids is 1. The molecule has 0 aliphatic heterocycles. The molecule has 0 amide bonds. The summed E-state index contributed by atoms with van der Waals surface area (Å²) in [7, 11) is 0. The first-order valence-electron chi connectivity index (χ1n) is 7.07. The SMILES string of the molecule is O=C(Cc1cc(F)ccc1Br)CC1CC2CCC1C2. The minimum atomic E-state index is -0.272. The number of benzene rings is 1. The third kappa shape index (κ3) is 2.91. The van der Waals surface area contributed by atoms with Crippen LogP contribution in [0.4, 0.5) is 4.39 Å². The topological polar surface area (TPSA) is 17.1 Å². The lowest BCUT2D eigenvalue weighted by atomic mass is 9.84. The number of Topliss-reactive ketones (excluding diaryl/α,β-unsaturated/α-hetero) is 1. The lowest BCUT2D eigenvalue weighted by Crippen LogP contribution is -2.16. The second kappa shape index (κ2) is 5.35. The van der Waals surface area contributed by atoms with Crippen molar-refractivity contribution in [3.63, 3.8) is 0 Å². The number of carbonyl (C=O) groups is 1. The van der Waals surface area contributed by atoms with Crippen LogP contribution in [-0.4, -0.2) is 5.78 Å². The molecular weight excluding hydrogens is 307 g/mol. The summed E-state index contributed by atoms with van der Waals surface area (Å²) < 4.78 is 14.0. The van der Waals surface area contributed by atoms with Gasteiger partial charge in [0.05, 0.1) is 0 Å². The van der Waals surface area contributed by atoms with E-state index in [-0.39, 0.29) is 11.6 Å². The Bertz CT molecular complexity index is 500. The number of halogens is 2. The number of ketones is 1. The van der Waals surface area contributed by atoms with Gasteiger partial charge < -0.3 is 0 Å². The molecule has 0 spiro atoms. The van der Waals surface area contributed by atoms with Gasteiger partial charge in [-0.2, -0.15) is 0 Å². The van der Waals surface area contributed by atoms with E-state index >= 15 is 0 Å². The Morgan fingerprint density at radius 1 is 1.32 bits per heavy atom. The number of fused-ring (bicyclic) bond motifs is 2. The summed E-state index contributed by atoms with van der Waals surface area (Å²) in [6, 6.07) is 4.55. The smallest absolute Gasteiger partial charge is 0.137 e. The predicted octanol–water partition coefficient (Wildman–Crippen LogP) is 4.53. The Balaban J connectivity index is 1.61. The van der Waals surface area contributed by atoms with Gasteiger partial charge in [-0.1, -0.05) is 22.4 Å². The summed E-state index contributed by atoms with van der Waals surface area (Å²) in [5.74, 6) is 2.24. The largest absolute Gasteiger partial charge is 0.299 e. The average molecular weight is 325 g/mol. The fraction of sp³-hybridized carbons (Fsp3) is 0.562. The maximum atomic E-state index is 13.2. The normalized spacial score (nSPS) is 28.8. The molecule has 3 atom stereocenters. The number of hydrogen-bond acceptors (Lipinski definition) is 1. The molecule has 102 valence electrons. The van der Waals surface area contributed by atoms with Crippen molar-refractivity contribution in [2.45, 2.75) is 38.5 Å². The van der Waals surface area contributed by atoms with Gasteiger partial charge in [0.2, 0.25) is 0 Å². The summed E-state index contributed by atoms with van der Waals surface area (Å²) in [6.07, 6.45) is 6.29. The molecule has 3 rings (SSSR count). The van der Waals surface area contributed by atoms with Crippen molar-refractivity contribution in [3.05, 3.63) is 34.1 Å². The standard InChI is InChI=1S/C16H18BrFO/c17-16-4-3-14(18)7-13(16)9-15(19)8-12-6-10-1-2-11(12)5-10/h3-4,7,10-12H,1-2,5-6,8-9H2. The van der Waals surface area contributed by atoms with Gasteiger partial charge in [-0.3, -0.25) is 4.79 Å². The summed E-state index contributed by atoms with van der Waals surface area (Å²) in [4.78, 5) is 12.2. The molecule has 1 aromatic carbocycles. The van der Waals surface area contributed by atoms with Crippen LogP contribution < -0.4 is 0 Å². The maximum Gasteiger partial charge on any atom is 0.137 e. The van der Waals surface area contributed by atoms with Crippen molar-refractivity contribution in [3.8, 4) is 0 Å². The summed E-state index contributed by atoms with van der Waals surface area (Å²) in [5, 5.41) is 0. The molecule has 0 heterocycles. The van der Waals surface area contributed by atoms with Crippen molar-refractivity contribution < 1.29 is 9.18 Å². The van der Waals surface area contributed by atoms with Crippen molar-refractivity contribution >= 4 is 21.7 Å². The van der Waals surface area contributed by atoms with Crippen LogP contribution in [0.3, 0.4) is 0 Å². The molecule has 2 aliphatic carbocycles. The molecule has 3 unspecified atom stereocenters. The highest BCUT2D eigenvalue weighted by atomic mass is 79.9. The van der Waals surface area contributed by atoms with Crippen molar-refractivity contribution in [1.29, 1.82) is 0 Å². The first-order chi connectivity index (χ1) is 9.11. The Morgan fingerprint density at radius 2 is 2.16 bits per heavy atom. The molecule has 1 nitrogen and oxygen atoms in total. The van der Waals surface area contributed by atoms with Crippen LogP contribution in [0.2, 0.25) is 0 Å². The zero-order valence-electron chi connectivity index (χ0n) is 10.9. The molecule has 19 heavy (non-hydrogen) atoms. The molecule has 2 fully saturated rings. The van der Waals surface area contributed by atoms with E-state index in [2.05, 4.69) is 15.9 Å². The van der Waals surface area contributed by atoms with E-state index in [1.54, 1.807) is 6.07 Å². The molecule has 0 radical (unpaired) electrons. The van der Waals surface area contributed by atoms with Crippen molar-refractivity contribution in [2.24, 2.45) is 17.8 Å². The lowest BCUT2D eigenvalue weighted by molar-refractivity contribution is -0.119. The van der Waals surface area contributed by atoms with Crippen LogP contribution in [0.15, 0.2) is 22.7 Å². The van der Waals surface area contributed by atoms with Crippen LogP contribution in [0, 0.1) is 23.6 Å². The van der Waals surface area contributed by atoms with E-state index in [1.165, 1.54) is 37.8 Å². The van der Waals surface area contributed by atoms with E-state index in [9.17, 15) is 9.18 Å². The molecule has 2 saturated carbocycles. The molecule has 0 aromatic heterocycles. The Kier molecular flexibility index (Phi) is 3.75. The summed E-state index contributed by atoms with van der Waals surface area (Å²) in [5.41, 5.74) is 0.771. The van der Waals surface area contributed by atoms with Gasteiger partial charge in [0.1, 0.15) is 11.6 Å². The highest BCUT2D eigenvalue weighted by Gasteiger charge is 2.39. The first-order valence-corrected chi connectivity index (χ1v) is 7.86. The fourth-order valence-electron chi connectivity index (χ4n) is 3.88. The first kappa shape index (κ1) is 13.3. The molecule has 2 bridgehead atoms. The maximum absolute atomic E-state index is 13.2. The van der Waals surface area contributed by atoms with Gasteiger partial charge in [0.15, 0.2) is 0 Å². The fourth-order valence-corrected chi connectivity index (χ4v) is 4.27. The molecule has 1 aromatic rings. The third-order valence-corrected chi connectivity index (χ3v) is 5.54. The van der Waals surface area contributed by atoms with Crippen LogP contribution in [0.5, 0.6) is 0 Å². The van der Waals surface area contributed by atoms with E-state index in [0.29, 0.717) is 18.8 Å². The minimum Gasteiger partial charge on any atom is -0.299 e. The minimum absolute atomic E-state index is 0.254. The van der Waals surface area contributed by atoms with Gasteiger partial charge in [0, 0.05) is 17.3 Å². The second-order valence-corrected chi connectivity index (χ2v) is 6.94. The zero-order chi connectivity index (χ0) is 13.4. The predicted molar refractivity (Wildman–Crippen MR) is 76.4 cm³/mol. The summed E-state index contributed by atoms with van der Waals surface area (Å²) >= 11 is 3.39. The van der Waals surface area contributed by atoms with Crippen molar-refractivity contribution in [2.75, 3.05) is 0 Å². The van der Waals surface area contributed by atoms with Crippen LogP contribution in [0.25, 0.3) is 0 Å². The quantitative estimate of drug-likeness (QED) is 0.795. The molecule has 2 aliphatic rings. The highest BCUT2D eigenvalue weighted by Crippen LogP contribution is 2.49. The van der Waals surface area contributed by atoms with Crippen LogP contribution >= 0.6 is 15.9 Å². The van der Waals surface area contributed by atoms with Crippen molar-refractivity contribution in [1.82, 2.24) is 0 Å². The number of hydrogen-bond donors (Lipinski definition) is 0. The van der Waals surface area contributed by atoms with E-state index < -0.39 is 0 Å². The van der Waals surface area contributed by atoms with Gasteiger partial charge in [-0.25, -0.2) is 4.39 Å². The van der Waals surface area contributed by atoms with Gasteiger partial charge in [-0.15, -0.1) is 0 Å². The Hall–Kier alpha value is -0.700. The highest BCUT2D eigenvalue weighted by molar-refractivity contribution is 9.10. The van der Waals surface area contributed by atoms with Gasteiger partial charge >= 0.3 is 0 Å². The molecule has 0 saturated heterocycles. The Labute approximate surface area is 121 Å². The van der Waals surface area contributed by atoms with Gasteiger partial charge in [-0.05, 0) is 60.8 Å². The molecule has 0 N–H and O–H groups in total. The molecule has 3 heteroatoms. The zero-order valence-corrected chi connectivity index (χ0v) is 12.5. The van der Waals surface area contributed by atoms with E-state index in [1.807, 2.05) is 0 Å². The second-order valence-electron chi connectivity index (χ2n) is 6.09. The van der Waals surface area contributed by atoms with Crippen LogP contribution in [-0.2, 0) is 11.2 Å². The van der Waals surface area contributed by atoms with Gasteiger partial charge in [0.25, 0.3) is 0 Å². The molecular formula is C16H18BrFO. The van der Waals surface area contributed by atoms with Crippen LogP contribution in [0.1, 0.15) is 37.7 Å².